The lowest BCUT2D eigenvalue weighted by molar-refractivity contribution is -0.117. The number of carbonyl (C=O) groups is 1. The van der Waals surface area contributed by atoms with Gasteiger partial charge in [-0.3, -0.25) is 9.48 Å². The Morgan fingerprint density at radius 1 is 1.50 bits per heavy atom. The molecule has 0 aliphatic carbocycles. The van der Waals surface area contributed by atoms with E-state index in [4.69, 9.17) is 6.42 Å². The summed E-state index contributed by atoms with van der Waals surface area (Å²) in [5.41, 5.74) is 1.83. The van der Waals surface area contributed by atoms with Crippen LogP contribution < -0.4 is 4.90 Å². The van der Waals surface area contributed by atoms with Crippen LogP contribution in [0.1, 0.15) is 6.42 Å². The van der Waals surface area contributed by atoms with Crippen molar-refractivity contribution in [3.63, 3.8) is 0 Å². The van der Waals surface area contributed by atoms with E-state index in [9.17, 15) is 4.79 Å². The molecule has 0 saturated carbocycles. The largest absolute Gasteiger partial charge is 0.311 e. The summed E-state index contributed by atoms with van der Waals surface area (Å²) >= 11 is 0. The van der Waals surface area contributed by atoms with E-state index < -0.39 is 0 Å². The number of amides is 1. The normalized spacial score (nSPS) is 19.4. The summed E-state index contributed by atoms with van der Waals surface area (Å²) < 4.78 is 1.77. The molecule has 2 aromatic rings. The molecule has 1 aliphatic heterocycles. The minimum Gasteiger partial charge on any atom is -0.311 e. The first-order valence-electron chi connectivity index (χ1n) is 5.87. The number of aryl methyl sites for hydroxylation is 1. The molecule has 90 valence electrons. The first kappa shape index (κ1) is 10.8. The van der Waals surface area contributed by atoms with Gasteiger partial charge in [0.15, 0.2) is 0 Å². The number of terminal acetylenes is 1. The molecule has 1 aliphatic rings. The van der Waals surface area contributed by atoms with E-state index in [1.807, 2.05) is 31.4 Å². The average molecular weight is 239 g/mol. The Morgan fingerprint density at radius 3 is 3.06 bits per heavy atom. The van der Waals surface area contributed by atoms with Crippen LogP contribution in [0.2, 0.25) is 0 Å². The zero-order chi connectivity index (χ0) is 12.7. The minimum absolute atomic E-state index is 0.0297. The smallest absolute Gasteiger partial charge is 0.228 e. The van der Waals surface area contributed by atoms with Crippen molar-refractivity contribution in [1.29, 1.82) is 0 Å². The summed E-state index contributed by atoms with van der Waals surface area (Å²) in [5.74, 6) is 2.78. The Labute approximate surface area is 105 Å². The summed E-state index contributed by atoms with van der Waals surface area (Å²) in [4.78, 5) is 13.7. The molecule has 1 aromatic heterocycles. The van der Waals surface area contributed by atoms with Crippen LogP contribution in [-0.2, 0) is 11.8 Å². The van der Waals surface area contributed by atoms with Gasteiger partial charge in [0, 0.05) is 43.2 Å². The number of anilines is 1. The highest BCUT2D eigenvalue weighted by molar-refractivity contribution is 5.98. The lowest BCUT2D eigenvalue weighted by Gasteiger charge is -2.15. The van der Waals surface area contributed by atoms with Gasteiger partial charge in [-0.05, 0) is 18.2 Å². The van der Waals surface area contributed by atoms with E-state index in [0.717, 1.165) is 16.6 Å². The highest BCUT2D eigenvalue weighted by Gasteiger charge is 2.29. The van der Waals surface area contributed by atoms with Gasteiger partial charge in [0.1, 0.15) is 0 Å². The molecule has 0 spiro atoms. The number of rotatable bonds is 1. The Balaban J connectivity index is 1.99. The quantitative estimate of drug-likeness (QED) is 0.708. The number of nitrogens with zero attached hydrogens (tertiary/aromatic N) is 3. The summed E-state index contributed by atoms with van der Waals surface area (Å²) in [6, 6.07) is 5.84. The molecule has 0 N–H and O–H groups in total. The lowest BCUT2D eigenvalue weighted by Crippen LogP contribution is -2.24. The monoisotopic (exact) mass is 239 g/mol. The number of hydrogen-bond donors (Lipinski definition) is 0. The van der Waals surface area contributed by atoms with Gasteiger partial charge in [-0.2, -0.15) is 5.10 Å². The summed E-state index contributed by atoms with van der Waals surface area (Å²) in [5, 5.41) is 5.35. The molecule has 4 nitrogen and oxygen atoms in total. The molecule has 1 atom stereocenters. The zero-order valence-corrected chi connectivity index (χ0v) is 10.1. The number of aromatic nitrogens is 2. The van der Waals surface area contributed by atoms with Gasteiger partial charge in [-0.15, -0.1) is 12.3 Å². The second-order valence-electron chi connectivity index (χ2n) is 4.62. The maximum atomic E-state index is 11.9. The van der Waals surface area contributed by atoms with E-state index in [0.29, 0.717) is 13.0 Å². The molecule has 1 saturated heterocycles. The molecule has 3 rings (SSSR count). The fraction of sp³-hybridized carbons (Fsp3) is 0.286. The summed E-state index contributed by atoms with van der Waals surface area (Å²) in [7, 11) is 1.88. The first-order valence-corrected chi connectivity index (χ1v) is 5.87. The molecular formula is C14H13N3O. The van der Waals surface area contributed by atoms with Crippen molar-refractivity contribution in [3.05, 3.63) is 24.4 Å². The van der Waals surface area contributed by atoms with Crippen molar-refractivity contribution in [2.75, 3.05) is 11.4 Å². The number of hydrogen-bond acceptors (Lipinski definition) is 2. The second kappa shape index (κ2) is 3.88. The van der Waals surface area contributed by atoms with Crippen LogP contribution in [0.15, 0.2) is 24.4 Å². The van der Waals surface area contributed by atoms with Gasteiger partial charge in [0.05, 0.1) is 5.52 Å². The van der Waals surface area contributed by atoms with Crippen LogP contribution in [0.4, 0.5) is 5.69 Å². The fourth-order valence-corrected chi connectivity index (χ4v) is 2.37. The molecule has 18 heavy (non-hydrogen) atoms. The molecule has 1 aromatic carbocycles. The predicted molar refractivity (Wildman–Crippen MR) is 70.0 cm³/mol. The lowest BCUT2D eigenvalue weighted by atomic mass is 10.1. The number of carbonyl (C=O) groups excluding carboxylic acids is 1. The highest BCUT2D eigenvalue weighted by atomic mass is 16.2. The van der Waals surface area contributed by atoms with Crippen molar-refractivity contribution >= 4 is 22.5 Å². The zero-order valence-electron chi connectivity index (χ0n) is 10.1. The Bertz CT molecular complexity index is 665. The Morgan fingerprint density at radius 2 is 2.33 bits per heavy atom. The Kier molecular flexibility index (Phi) is 2.34. The summed E-state index contributed by atoms with van der Waals surface area (Å²) in [6.45, 7) is 0.612. The third kappa shape index (κ3) is 1.65. The second-order valence-corrected chi connectivity index (χ2v) is 4.62. The molecule has 4 heteroatoms. The van der Waals surface area contributed by atoms with Gasteiger partial charge >= 0.3 is 0 Å². The molecule has 0 bridgehead atoms. The molecule has 0 radical (unpaired) electrons. The van der Waals surface area contributed by atoms with Crippen molar-refractivity contribution in [1.82, 2.24) is 9.78 Å². The van der Waals surface area contributed by atoms with Crippen molar-refractivity contribution in [3.8, 4) is 12.3 Å². The van der Waals surface area contributed by atoms with Gasteiger partial charge in [0.25, 0.3) is 0 Å². The molecule has 1 unspecified atom stereocenters. The van der Waals surface area contributed by atoms with E-state index in [1.54, 1.807) is 9.58 Å². The van der Waals surface area contributed by atoms with Crippen molar-refractivity contribution in [2.24, 2.45) is 13.0 Å². The first-order chi connectivity index (χ1) is 8.67. The molecule has 1 amide bonds. The van der Waals surface area contributed by atoms with Crippen LogP contribution in [0, 0.1) is 18.3 Å². The van der Waals surface area contributed by atoms with Crippen LogP contribution in [0.5, 0.6) is 0 Å². The van der Waals surface area contributed by atoms with Gasteiger partial charge in [0.2, 0.25) is 5.91 Å². The molecule has 2 heterocycles. The standard InChI is InChI=1S/C14H13N3O/c1-3-10-6-14(18)17(8-10)12-4-5-13-11(7-12)9-16(2)15-13/h1,4-5,7,9-10H,6,8H2,2H3. The van der Waals surface area contributed by atoms with Gasteiger partial charge in [-0.25, -0.2) is 0 Å². The van der Waals surface area contributed by atoms with Crippen LogP contribution in [0.3, 0.4) is 0 Å². The van der Waals surface area contributed by atoms with Crippen LogP contribution in [0.25, 0.3) is 10.9 Å². The van der Waals surface area contributed by atoms with Crippen LogP contribution >= 0.6 is 0 Å². The number of benzene rings is 1. The van der Waals surface area contributed by atoms with E-state index in [-0.39, 0.29) is 11.8 Å². The third-order valence-corrected chi connectivity index (χ3v) is 3.27. The minimum atomic E-state index is 0.0297. The van der Waals surface area contributed by atoms with E-state index in [1.165, 1.54) is 0 Å². The van der Waals surface area contributed by atoms with E-state index in [2.05, 4.69) is 11.0 Å². The van der Waals surface area contributed by atoms with Crippen LogP contribution in [-0.4, -0.2) is 22.2 Å². The predicted octanol–water partition coefficient (Wildman–Crippen LogP) is 1.56. The third-order valence-electron chi connectivity index (χ3n) is 3.27. The van der Waals surface area contributed by atoms with Crippen molar-refractivity contribution in [2.45, 2.75) is 6.42 Å². The SMILES string of the molecule is C#CC1CC(=O)N(c2ccc3nn(C)cc3c2)C1. The topological polar surface area (TPSA) is 38.1 Å². The highest BCUT2D eigenvalue weighted by Crippen LogP contribution is 2.27. The fourth-order valence-electron chi connectivity index (χ4n) is 2.37. The molecule has 1 fully saturated rings. The van der Waals surface area contributed by atoms with Gasteiger partial charge < -0.3 is 4.90 Å². The maximum Gasteiger partial charge on any atom is 0.228 e. The maximum absolute atomic E-state index is 11.9. The summed E-state index contributed by atoms with van der Waals surface area (Å²) in [6.07, 6.45) is 7.78. The average Bonchev–Trinajstić information content (AvgIpc) is 2.89. The number of fused-ring (bicyclic) bond motifs is 1. The van der Waals surface area contributed by atoms with Gasteiger partial charge in [-0.1, -0.05) is 0 Å². The van der Waals surface area contributed by atoms with E-state index >= 15 is 0 Å². The van der Waals surface area contributed by atoms with Crippen molar-refractivity contribution < 1.29 is 4.79 Å². The Hall–Kier alpha value is -2.28. The molecular weight excluding hydrogens is 226 g/mol.